The molecule has 0 aliphatic heterocycles. The van der Waals surface area contributed by atoms with Crippen molar-refractivity contribution in [2.24, 2.45) is 0 Å². The summed E-state index contributed by atoms with van der Waals surface area (Å²) in [6, 6.07) is 3.62. The smallest absolute Gasteiger partial charge is 0.260 e. The van der Waals surface area contributed by atoms with Crippen LogP contribution in [-0.4, -0.2) is 35.5 Å². The van der Waals surface area contributed by atoms with Gasteiger partial charge < -0.3 is 14.6 Å². The standard InChI is InChI=1S/C12H16N4O2S/c1-13-12-15-14-10(19-12)9-5-3-6-16(11(9)17)7-4-8-18-2/h3,5-6H,4,7-8H2,1-2H3,(H,13,15). The minimum absolute atomic E-state index is 0.0441. The second-order valence-corrected chi connectivity index (χ2v) is 4.91. The predicted molar refractivity (Wildman–Crippen MR) is 75.6 cm³/mol. The van der Waals surface area contributed by atoms with E-state index in [-0.39, 0.29) is 5.56 Å². The lowest BCUT2D eigenvalue weighted by atomic mass is 10.3. The lowest BCUT2D eigenvalue weighted by Gasteiger charge is -2.06. The van der Waals surface area contributed by atoms with E-state index in [1.807, 2.05) is 6.07 Å². The van der Waals surface area contributed by atoms with E-state index in [2.05, 4.69) is 15.5 Å². The highest BCUT2D eigenvalue weighted by atomic mass is 32.1. The Morgan fingerprint density at radius 2 is 2.32 bits per heavy atom. The minimum Gasteiger partial charge on any atom is -0.385 e. The first-order valence-electron chi connectivity index (χ1n) is 5.96. The molecule has 0 aromatic carbocycles. The predicted octanol–water partition coefficient (Wildman–Crippen LogP) is 1.45. The van der Waals surface area contributed by atoms with Crippen LogP contribution in [0.25, 0.3) is 10.6 Å². The van der Waals surface area contributed by atoms with Gasteiger partial charge in [0.05, 0.1) is 5.56 Å². The molecule has 0 atom stereocenters. The third-order valence-corrected chi connectivity index (χ3v) is 3.61. The Morgan fingerprint density at radius 3 is 3.00 bits per heavy atom. The molecule has 0 spiro atoms. The summed E-state index contributed by atoms with van der Waals surface area (Å²) in [6.07, 6.45) is 2.58. The van der Waals surface area contributed by atoms with Gasteiger partial charge in [0.1, 0.15) is 0 Å². The van der Waals surface area contributed by atoms with Crippen LogP contribution in [0.4, 0.5) is 5.13 Å². The SMILES string of the molecule is CNc1nnc(-c2cccn(CCCOC)c2=O)s1. The molecule has 0 aliphatic rings. The van der Waals surface area contributed by atoms with Crippen LogP contribution in [0, 0.1) is 0 Å². The zero-order valence-electron chi connectivity index (χ0n) is 10.9. The molecule has 0 amide bonds. The molecule has 0 saturated carbocycles. The van der Waals surface area contributed by atoms with Crippen molar-refractivity contribution in [2.45, 2.75) is 13.0 Å². The number of hydrogen-bond donors (Lipinski definition) is 1. The Kier molecular flexibility index (Phi) is 4.64. The lowest BCUT2D eigenvalue weighted by molar-refractivity contribution is 0.190. The van der Waals surface area contributed by atoms with Gasteiger partial charge in [-0.3, -0.25) is 4.79 Å². The Morgan fingerprint density at radius 1 is 1.47 bits per heavy atom. The Balaban J connectivity index is 2.26. The summed E-state index contributed by atoms with van der Waals surface area (Å²) in [5.41, 5.74) is 0.538. The molecule has 0 aliphatic carbocycles. The molecule has 6 nitrogen and oxygen atoms in total. The van der Waals surface area contributed by atoms with Crippen LogP contribution in [0.1, 0.15) is 6.42 Å². The molecule has 2 aromatic heterocycles. The summed E-state index contributed by atoms with van der Waals surface area (Å²) in [7, 11) is 3.43. The zero-order valence-corrected chi connectivity index (χ0v) is 11.7. The van der Waals surface area contributed by atoms with Gasteiger partial charge in [0, 0.05) is 33.5 Å². The molecule has 7 heteroatoms. The summed E-state index contributed by atoms with van der Waals surface area (Å²) >= 11 is 1.37. The molecule has 19 heavy (non-hydrogen) atoms. The van der Waals surface area contributed by atoms with Gasteiger partial charge in [-0.25, -0.2) is 0 Å². The highest BCUT2D eigenvalue weighted by molar-refractivity contribution is 7.18. The van der Waals surface area contributed by atoms with Crippen molar-refractivity contribution in [3.05, 3.63) is 28.7 Å². The molecule has 2 aromatic rings. The van der Waals surface area contributed by atoms with E-state index in [1.54, 1.807) is 31.0 Å². The van der Waals surface area contributed by atoms with Gasteiger partial charge in [0.2, 0.25) is 5.13 Å². The van der Waals surface area contributed by atoms with Crippen molar-refractivity contribution in [1.29, 1.82) is 0 Å². The van der Waals surface area contributed by atoms with Crippen LogP contribution in [0.5, 0.6) is 0 Å². The fourth-order valence-electron chi connectivity index (χ4n) is 1.69. The van der Waals surface area contributed by atoms with Crippen molar-refractivity contribution in [3.8, 4) is 10.6 Å². The monoisotopic (exact) mass is 280 g/mol. The van der Waals surface area contributed by atoms with Crippen molar-refractivity contribution < 1.29 is 4.74 Å². The van der Waals surface area contributed by atoms with Crippen molar-refractivity contribution in [3.63, 3.8) is 0 Å². The van der Waals surface area contributed by atoms with Crippen molar-refractivity contribution >= 4 is 16.5 Å². The van der Waals surface area contributed by atoms with Gasteiger partial charge in [0.25, 0.3) is 5.56 Å². The maximum absolute atomic E-state index is 12.3. The van der Waals surface area contributed by atoms with E-state index in [1.165, 1.54) is 11.3 Å². The highest BCUT2D eigenvalue weighted by Gasteiger charge is 2.10. The molecule has 0 radical (unpaired) electrons. The van der Waals surface area contributed by atoms with Gasteiger partial charge in [-0.1, -0.05) is 11.3 Å². The number of pyridine rings is 1. The minimum atomic E-state index is -0.0441. The fraction of sp³-hybridized carbons (Fsp3) is 0.417. The van der Waals surface area contributed by atoms with Gasteiger partial charge in [-0.2, -0.15) is 0 Å². The number of methoxy groups -OCH3 is 1. The maximum atomic E-state index is 12.3. The number of aryl methyl sites for hydroxylation is 1. The second-order valence-electron chi connectivity index (χ2n) is 3.93. The number of rotatable bonds is 6. The first-order chi connectivity index (χ1) is 9.26. The van der Waals surface area contributed by atoms with Gasteiger partial charge in [0.15, 0.2) is 5.01 Å². The number of nitrogens with one attached hydrogen (secondary N) is 1. The van der Waals surface area contributed by atoms with Crippen LogP contribution in [0.15, 0.2) is 23.1 Å². The van der Waals surface area contributed by atoms with Gasteiger partial charge in [-0.05, 0) is 18.6 Å². The van der Waals surface area contributed by atoms with E-state index in [0.717, 1.165) is 6.42 Å². The summed E-state index contributed by atoms with van der Waals surface area (Å²) in [5.74, 6) is 0. The normalized spacial score (nSPS) is 10.6. The Bertz CT molecular complexity index is 593. The number of anilines is 1. The molecule has 102 valence electrons. The van der Waals surface area contributed by atoms with Gasteiger partial charge >= 0.3 is 0 Å². The molecule has 0 unspecified atom stereocenters. The highest BCUT2D eigenvalue weighted by Crippen LogP contribution is 2.23. The summed E-state index contributed by atoms with van der Waals surface area (Å²) in [5, 5.41) is 12.2. The molecule has 2 heterocycles. The number of hydrogen-bond acceptors (Lipinski definition) is 6. The van der Waals surface area contributed by atoms with E-state index >= 15 is 0 Å². The first-order valence-corrected chi connectivity index (χ1v) is 6.78. The van der Waals surface area contributed by atoms with E-state index in [9.17, 15) is 4.79 Å². The van der Waals surface area contributed by atoms with Crippen LogP contribution in [0.3, 0.4) is 0 Å². The van der Waals surface area contributed by atoms with E-state index in [0.29, 0.717) is 28.9 Å². The molecular formula is C12H16N4O2S. The van der Waals surface area contributed by atoms with Crippen LogP contribution >= 0.6 is 11.3 Å². The second kappa shape index (κ2) is 6.44. The first kappa shape index (κ1) is 13.7. The lowest BCUT2D eigenvalue weighted by Crippen LogP contribution is -2.21. The molecule has 0 fully saturated rings. The largest absolute Gasteiger partial charge is 0.385 e. The topological polar surface area (TPSA) is 69.0 Å². The van der Waals surface area contributed by atoms with E-state index in [4.69, 9.17) is 4.74 Å². The molecule has 0 bridgehead atoms. The maximum Gasteiger partial charge on any atom is 0.260 e. The number of nitrogens with zero attached hydrogens (tertiary/aromatic N) is 3. The Hall–Kier alpha value is -1.73. The third kappa shape index (κ3) is 3.18. The average molecular weight is 280 g/mol. The molecule has 1 N–H and O–H groups in total. The quantitative estimate of drug-likeness (QED) is 0.811. The number of ether oxygens (including phenoxy) is 1. The summed E-state index contributed by atoms with van der Waals surface area (Å²) < 4.78 is 6.67. The summed E-state index contributed by atoms with van der Waals surface area (Å²) in [6.45, 7) is 1.28. The van der Waals surface area contributed by atoms with Crippen LogP contribution < -0.4 is 10.9 Å². The summed E-state index contributed by atoms with van der Waals surface area (Å²) in [4.78, 5) is 12.3. The molecule has 0 saturated heterocycles. The van der Waals surface area contributed by atoms with Crippen molar-refractivity contribution in [1.82, 2.24) is 14.8 Å². The van der Waals surface area contributed by atoms with E-state index < -0.39 is 0 Å². The average Bonchev–Trinajstić information content (AvgIpc) is 2.89. The zero-order chi connectivity index (χ0) is 13.7. The third-order valence-electron chi connectivity index (χ3n) is 2.64. The number of aromatic nitrogens is 3. The fourth-order valence-corrected chi connectivity index (χ4v) is 2.40. The molecular weight excluding hydrogens is 264 g/mol. The van der Waals surface area contributed by atoms with Crippen LogP contribution in [0.2, 0.25) is 0 Å². The Labute approximate surface area is 115 Å². The molecule has 2 rings (SSSR count). The van der Waals surface area contributed by atoms with Gasteiger partial charge in [-0.15, -0.1) is 10.2 Å². The van der Waals surface area contributed by atoms with Crippen LogP contribution in [-0.2, 0) is 11.3 Å². The van der Waals surface area contributed by atoms with Crippen molar-refractivity contribution in [2.75, 3.05) is 26.1 Å².